The van der Waals surface area contributed by atoms with Crippen molar-refractivity contribution in [1.29, 1.82) is 0 Å². The molecule has 3 atom stereocenters. The smallest absolute Gasteiger partial charge is 0.255 e. The number of ether oxygens (including phenoxy) is 1. The van der Waals surface area contributed by atoms with Gasteiger partial charge in [-0.05, 0) is 23.3 Å². The van der Waals surface area contributed by atoms with E-state index in [0.717, 1.165) is 17.5 Å². The van der Waals surface area contributed by atoms with Crippen molar-refractivity contribution in [1.82, 2.24) is 21.2 Å². The van der Waals surface area contributed by atoms with Gasteiger partial charge in [0, 0.05) is 32.0 Å². The molecule has 3 rings (SSSR count). The first kappa shape index (κ1) is 15.6. The molecule has 1 amide bonds. The van der Waals surface area contributed by atoms with E-state index >= 15 is 0 Å². The van der Waals surface area contributed by atoms with E-state index in [4.69, 9.17) is 4.74 Å². The molecule has 0 saturated carbocycles. The van der Waals surface area contributed by atoms with E-state index in [9.17, 15) is 4.79 Å². The summed E-state index contributed by atoms with van der Waals surface area (Å²) < 4.78 is 5.35. The van der Waals surface area contributed by atoms with Crippen molar-refractivity contribution in [3.63, 3.8) is 0 Å². The highest BCUT2D eigenvalue weighted by molar-refractivity contribution is 5.82. The highest BCUT2D eigenvalue weighted by atomic mass is 16.5. The number of hydrogen-bond donors (Lipinski definition) is 3. The minimum absolute atomic E-state index is 0.140. The normalized spacial score (nSPS) is 21.8. The average molecular weight is 312 g/mol. The van der Waals surface area contributed by atoms with Gasteiger partial charge in [0.25, 0.3) is 5.91 Å². The second kappa shape index (κ2) is 7.32. The van der Waals surface area contributed by atoms with Crippen LogP contribution in [0.3, 0.4) is 0 Å². The van der Waals surface area contributed by atoms with Crippen LogP contribution in [0.15, 0.2) is 54.9 Å². The third-order valence-corrected chi connectivity index (χ3v) is 3.90. The first-order valence-corrected chi connectivity index (χ1v) is 7.57. The minimum atomic E-state index is -0.613. The van der Waals surface area contributed by atoms with Crippen molar-refractivity contribution in [3.8, 4) is 0 Å². The lowest BCUT2D eigenvalue weighted by atomic mass is 10.1. The summed E-state index contributed by atoms with van der Waals surface area (Å²) in [5.41, 5.74) is 8.27. The van der Waals surface area contributed by atoms with Crippen molar-refractivity contribution in [2.45, 2.75) is 24.7 Å². The number of methoxy groups -OCH3 is 1. The largest absolute Gasteiger partial charge is 0.367 e. The topological polar surface area (TPSA) is 75.3 Å². The molecular formula is C17H20N4O2. The van der Waals surface area contributed by atoms with E-state index in [0.29, 0.717) is 0 Å². The highest BCUT2D eigenvalue weighted by Gasteiger charge is 2.29. The van der Waals surface area contributed by atoms with E-state index in [-0.39, 0.29) is 18.1 Å². The maximum absolute atomic E-state index is 12.5. The van der Waals surface area contributed by atoms with Gasteiger partial charge < -0.3 is 10.1 Å². The Morgan fingerprint density at radius 1 is 1.22 bits per heavy atom. The van der Waals surface area contributed by atoms with Crippen LogP contribution in [0.4, 0.5) is 0 Å². The maximum atomic E-state index is 12.5. The van der Waals surface area contributed by atoms with E-state index < -0.39 is 6.10 Å². The van der Waals surface area contributed by atoms with Gasteiger partial charge in [0.05, 0.1) is 6.17 Å². The number of hydrazine groups is 1. The number of benzene rings is 1. The third kappa shape index (κ3) is 3.73. The summed E-state index contributed by atoms with van der Waals surface area (Å²) in [7, 11) is 1.54. The molecule has 0 aliphatic carbocycles. The standard InChI is InChI=1S/C17H20N4O2/c1-23-16(13-5-3-2-4-6-13)17(22)19-15-11-14(20-21-15)12-7-9-18-10-8-12/h2-10,14-16,20-21H,11H2,1H3,(H,19,22). The molecule has 3 unspecified atom stereocenters. The lowest BCUT2D eigenvalue weighted by Crippen LogP contribution is -2.46. The summed E-state index contributed by atoms with van der Waals surface area (Å²) in [5.74, 6) is -0.159. The zero-order valence-electron chi connectivity index (χ0n) is 12.9. The van der Waals surface area contributed by atoms with Gasteiger partial charge in [-0.25, -0.2) is 10.9 Å². The van der Waals surface area contributed by atoms with Crippen molar-refractivity contribution in [2.24, 2.45) is 0 Å². The van der Waals surface area contributed by atoms with Crippen molar-refractivity contribution in [3.05, 3.63) is 66.0 Å². The molecule has 0 bridgehead atoms. The molecule has 0 radical (unpaired) electrons. The lowest BCUT2D eigenvalue weighted by Gasteiger charge is -2.19. The zero-order chi connectivity index (χ0) is 16.1. The van der Waals surface area contributed by atoms with Gasteiger partial charge in [0.1, 0.15) is 0 Å². The van der Waals surface area contributed by atoms with Crippen LogP contribution in [0.5, 0.6) is 0 Å². The Kier molecular flexibility index (Phi) is 4.97. The molecule has 6 nitrogen and oxygen atoms in total. The summed E-state index contributed by atoms with van der Waals surface area (Å²) >= 11 is 0. The second-order valence-corrected chi connectivity index (χ2v) is 5.45. The van der Waals surface area contributed by atoms with Crippen LogP contribution in [0.25, 0.3) is 0 Å². The number of nitrogens with zero attached hydrogens (tertiary/aromatic N) is 1. The quantitative estimate of drug-likeness (QED) is 0.779. The van der Waals surface area contributed by atoms with E-state index in [2.05, 4.69) is 21.2 Å². The second-order valence-electron chi connectivity index (χ2n) is 5.45. The van der Waals surface area contributed by atoms with Gasteiger partial charge in [0.15, 0.2) is 6.10 Å². The molecule has 120 valence electrons. The predicted molar refractivity (Wildman–Crippen MR) is 86.0 cm³/mol. The fourth-order valence-electron chi connectivity index (χ4n) is 2.73. The predicted octanol–water partition coefficient (Wildman–Crippen LogP) is 1.45. The molecule has 1 fully saturated rings. The molecule has 3 N–H and O–H groups in total. The molecule has 2 aromatic rings. The molecule has 0 spiro atoms. The maximum Gasteiger partial charge on any atom is 0.255 e. The van der Waals surface area contributed by atoms with Crippen LogP contribution in [0, 0.1) is 0 Å². The first-order chi connectivity index (χ1) is 11.3. The molecule has 23 heavy (non-hydrogen) atoms. The fraction of sp³-hybridized carbons (Fsp3) is 0.294. The Morgan fingerprint density at radius 3 is 2.65 bits per heavy atom. The SMILES string of the molecule is COC(C(=O)NC1CC(c2ccncc2)NN1)c1ccccc1. The van der Waals surface area contributed by atoms with Crippen molar-refractivity contribution in [2.75, 3.05) is 7.11 Å². The van der Waals surface area contributed by atoms with Crippen LogP contribution in [0.1, 0.15) is 29.7 Å². The average Bonchev–Trinajstić information content (AvgIpc) is 3.06. The van der Waals surface area contributed by atoms with E-state index in [1.165, 1.54) is 7.11 Å². The van der Waals surface area contributed by atoms with Crippen LogP contribution in [-0.4, -0.2) is 24.2 Å². The number of hydrogen-bond acceptors (Lipinski definition) is 5. The summed E-state index contributed by atoms with van der Waals surface area (Å²) in [6.45, 7) is 0. The van der Waals surface area contributed by atoms with Crippen LogP contribution >= 0.6 is 0 Å². The molecule has 2 heterocycles. The number of pyridine rings is 1. The first-order valence-electron chi connectivity index (χ1n) is 7.57. The van der Waals surface area contributed by atoms with E-state index in [1.54, 1.807) is 12.4 Å². The number of amides is 1. The van der Waals surface area contributed by atoms with Gasteiger partial charge in [-0.1, -0.05) is 30.3 Å². The molecule has 1 saturated heterocycles. The number of rotatable bonds is 5. The van der Waals surface area contributed by atoms with Gasteiger partial charge >= 0.3 is 0 Å². The summed E-state index contributed by atoms with van der Waals surface area (Å²) in [5, 5.41) is 2.97. The molecule has 1 aliphatic heterocycles. The summed E-state index contributed by atoms with van der Waals surface area (Å²) in [4.78, 5) is 16.5. The highest BCUT2D eigenvalue weighted by Crippen LogP contribution is 2.22. The van der Waals surface area contributed by atoms with Crippen molar-refractivity contribution < 1.29 is 9.53 Å². The van der Waals surface area contributed by atoms with Crippen LogP contribution in [0.2, 0.25) is 0 Å². The van der Waals surface area contributed by atoms with Crippen molar-refractivity contribution >= 4 is 5.91 Å². The van der Waals surface area contributed by atoms with Crippen LogP contribution < -0.4 is 16.2 Å². The molecular weight excluding hydrogens is 292 g/mol. The molecule has 1 aliphatic rings. The molecule has 1 aromatic heterocycles. The third-order valence-electron chi connectivity index (χ3n) is 3.90. The Bertz CT molecular complexity index is 636. The van der Waals surface area contributed by atoms with E-state index in [1.807, 2.05) is 42.5 Å². The lowest BCUT2D eigenvalue weighted by molar-refractivity contribution is -0.132. The molecule has 6 heteroatoms. The van der Waals surface area contributed by atoms with Crippen LogP contribution in [-0.2, 0) is 9.53 Å². The Hall–Kier alpha value is -2.28. The summed E-state index contributed by atoms with van der Waals surface area (Å²) in [6, 6.07) is 13.5. The molecule has 1 aromatic carbocycles. The summed E-state index contributed by atoms with van der Waals surface area (Å²) in [6.07, 6.45) is 3.51. The van der Waals surface area contributed by atoms with Gasteiger partial charge in [-0.3, -0.25) is 9.78 Å². The zero-order valence-corrected chi connectivity index (χ0v) is 12.9. The Morgan fingerprint density at radius 2 is 1.96 bits per heavy atom. The number of carbonyl (C=O) groups is 1. The fourth-order valence-corrected chi connectivity index (χ4v) is 2.73. The monoisotopic (exact) mass is 312 g/mol. The Labute approximate surface area is 135 Å². The van der Waals surface area contributed by atoms with Gasteiger partial charge in [0.2, 0.25) is 0 Å². The van der Waals surface area contributed by atoms with Gasteiger partial charge in [-0.2, -0.15) is 0 Å². The number of nitrogens with one attached hydrogen (secondary N) is 3. The number of carbonyl (C=O) groups excluding carboxylic acids is 1. The number of aromatic nitrogens is 1. The minimum Gasteiger partial charge on any atom is -0.367 e. The van der Waals surface area contributed by atoms with Gasteiger partial charge in [-0.15, -0.1) is 0 Å². The Balaban J connectivity index is 1.60.